The molecule has 1 fully saturated rings. The van der Waals surface area contributed by atoms with Crippen molar-refractivity contribution in [1.29, 1.82) is 0 Å². The van der Waals surface area contributed by atoms with E-state index in [4.69, 9.17) is 10.6 Å². The van der Waals surface area contributed by atoms with Crippen LogP contribution in [0.1, 0.15) is 64.7 Å². The molecular weight excluding hydrogens is 224 g/mol. The third kappa shape index (κ3) is 3.34. The van der Waals surface area contributed by atoms with Crippen LogP contribution in [0.25, 0.3) is 0 Å². The zero-order valence-electron chi connectivity index (χ0n) is 11.7. The van der Waals surface area contributed by atoms with E-state index in [0.717, 1.165) is 13.0 Å². The number of nitrogens with two attached hydrogens (primary N) is 1. The first-order valence-corrected chi connectivity index (χ1v) is 7.55. The summed E-state index contributed by atoms with van der Waals surface area (Å²) in [7, 11) is 0. The van der Waals surface area contributed by atoms with Gasteiger partial charge in [-0.1, -0.05) is 24.5 Å². The van der Waals surface area contributed by atoms with Crippen molar-refractivity contribution in [1.82, 2.24) is 5.43 Å². The Kier molecular flexibility index (Phi) is 5.22. The van der Waals surface area contributed by atoms with Crippen LogP contribution >= 0.6 is 0 Å². The fourth-order valence-electron chi connectivity index (χ4n) is 3.34. The first-order chi connectivity index (χ1) is 8.76. The van der Waals surface area contributed by atoms with Crippen LogP contribution in [0.3, 0.4) is 0 Å². The number of allylic oxidation sites excluding steroid dienone is 1. The summed E-state index contributed by atoms with van der Waals surface area (Å²) in [6.45, 7) is 3.10. The molecular formula is C15H28N2O. The van der Waals surface area contributed by atoms with Crippen LogP contribution in [0.4, 0.5) is 0 Å². The molecule has 1 heterocycles. The predicted molar refractivity (Wildman–Crippen MR) is 75.1 cm³/mol. The molecule has 3 heteroatoms. The maximum atomic E-state index is 6.06. The van der Waals surface area contributed by atoms with Gasteiger partial charge in [-0.2, -0.15) is 0 Å². The summed E-state index contributed by atoms with van der Waals surface area (Å²) in [5, 5.41) is 0. The highest BCUT2D eigenvalue weighted by Crippen LogP contribution is 2.33. The molecule has 0 aromatic carbocycles. The highest BCUT2D eigenvalue weighted by Gasteiger charge is 2.38. The molecule has 104 valence electrons. The van der Waals surface area contributed by atoms with Crippen LogP contribution in [0.15, 0.2) is 11.6 Å². The molecule has 0 aromatic rings. The highest BCUT2D eigenvalue weighted by atomic mass is 16.5. The minimum atomic E-state index is -0.113. The van der Waals surface area contributed by atoms with Gasteiger partial charge < -0.3 is 4.74 Å². The van der Waals surface area contributed by atoms with Crippen molar-refractivity contribution in [2.24, 2.45) is 5.84 Å². The second-order valence-electron chi connectivity index (χ2n) is 5.95. The molecule has 1 aliphatic heterocycles. The average molecular weight is 252 g/mol. The van der Waals surface area contributed by atoms with Gasteiger partial charge in [0.15, 0.2) is 0 Å². The van der Waals surface area contributed by atoms with Crippen molar-refractivity contribution in [3.05, 3.63) is 11.6 Å². The summed E-state index contributed by atoms with van der Waals surface area (Å²) in [5.41, 5.74) is 4.40. The summed E-state index contributed by atoms with van der Waals surface area (Å²) in [5.74, 6) is 5.84. The number of ether oxygens (including phenoxy) is 1. The second kappa shape index (κ2) is 6.69. The third-order valence-corrected chi connectivity index (χ3v) is 4.47. The molecule has 18 heavy (non-hydrogen) atoms. The molecule has 0 saturated carbocycles. The monoisotopic (exact) mass is 252 g/mol. The van der Waals surface area contributed by atoms with E-state index in [0.29, 0.717) is 0 Å². The Bertz CT molecular complexity index is 282. The third-order valence-electron chi connectivity index (χ3n) is 4.47. The zero-order chi connectivity index (χ0) is 12.8. The molecule has 0 radical (unpaired) electrons. The van der Waals surface area contributed by atoms with Crippen molar-refractivity contribution >= 4 is 0 Å². The lowest BCUT2D eigenvalue weighted by Gasteiger charge is -2.41. The Balaban J connectivity index is 2.10. The second-order valence-corrected chi connectivity index (χ2v) is 5.95. The molecule has 2 aliphatic rings. The van der Waals surface area contributed by atoms with Gasteiger partial charge in [-0.05, 0) is 51.9 Å². The van der Waals surface area contributed by atoms with Crippen LogP contribution < -0.4 is 11.3 Å². The van der Waals surface area contributed by atoms with Gasteiger partial charge in [0, 0.05) is 6.61 Å². The molecule has 1 aliphatic carbocycles. The first kappa shape index (κ1) is 14.0. The number of hydrogen-bond acceptors (Lipinski definition) is 3. The fourth-order valence-corrected chi connectivity index (χ4v) is 3.34. The molecule has 3 nitrogen and oxygen atoms in total. The minimum absolute atomic E-state index is 0.113. The topological polar surface area (TPSA) is 47.3 Å². The van der Waals surface area contributed by atoms with Crippen molar-refractivity contribution in [2.45, 2.75) is 76.4 Å². The molecule has 2 atom stereocenters. The van der Waals surface area contributed by atoms with Crippen molar-refractivity contribution in [3.63, 3.8) is 0 Å². The van der Waals surface area contributed by atoms with Gasteiger partial charge >= 0.3 is 0 Å². The van der Waals surface area contributed by atoms with Crippen LogP contribution in [-0.2, 0) is 4.74 Å². The van der Waals surface area contributed by atoms with E-state index < -0.39 is 0 Å². The Morgan fingerprint density at radius 2 is 2.06 bits per heavy atom. The van der Waals surface area contributed by atoms with E-state index in [1.807, 2.05) is 0 Å². The normalized spacial score (nSPS) is 32.2. The number of hydrazine groups is 1. The smallest absolute Gasteiger partial charge is 0.0858 e. The molecule has 0 bridgehead atoms. The van der Waals surface area contributed by atoms with Crippen LogP contribution in [-0.4, -0.2) is 18.2 Å². The van der Waals surface area contributed by atoms with E-state index in [-0.39, 0.29) is 11.6 Å². The van der Waals surface area contributed by atoms with Gasteiger partial charge in [0.05, 0.1) is 11.6 Å². The summed E-state index contributed by atoms with van der Waals surface area (Å²) in [6, 6.07) is 0.191. The standard InChI is InChI=1S/C15H28N2O/c1-15(11-7-8-12-18-15)14(17-16)13-9-5-3-2-4-6-10-13/h9,14,17H,2-8,10-12,16H2,1H3. The largest absolute Gasteiger partial charge is 0.373 e. The first-order valence-electron chi connectivity index (χ1n) is 7.55. The van der Waals surface area contributed by atoms with Crippen LogP contribution in [0, 0.1) is 0 Å². The molecule has 1 saturated heterocycles. The maximum absolute atomic E-state index is 6.06. The molecule has 0 amide bonds. The predicted octanol–water partition coefficient (Wildman–Crippen LogP) is 3.06. The maximum Gasteiger partial charge on any atom is 0.0858 e. The number of hydrogen-bond donors (Lipinski definition) is 2. The van der Waals surface area contributed by atoms with Gasteiger partial charge in [-0.3, -0.25) is 11.3 Å². The Hall–Kier alpha value is -0.380. The van der Waals surface area contributed by atoms with Crippen LogP contribution in [0.2, 0.25) is 0 Å². The Morgan fingerprint density at radius 1 is 1.22 bits per heavy atom. The minimum Gasteiger partial charge on any atom is -0.373 e. The summed E-state index contributed by atoms with van der Waals surface area (Å²) < 4.78 is 6.06. The Morgan fingerprint density at radius 3 is 2.78 bits per heavy atom. The average Bonchev–Trinajstić information content (AvgIpc) is 2.33. The van der Waals surface area contributed by atoms with E-state index in [9.17, 15) is 0 Å². The summed E-state index contributed by atoms with van der Waals surface area (Å²) in [6.07, 6.45) is 13.7. The molecule has 3 N–H and O–H groups in total. The van der Waals surface area contributed by atoms with Crippen molar-refractivity contribution in [3.8, 4) is 0 Å². The van der Waals surface area contributed by atoms with E-state index in [2.05, 4.69) is 18.4 Å². The van der Waals surface area contributed by atoms with E-state index in [1.54, 1.807) is 0 Å². The van der Waals surface area contributed by atoms with E-state index in [1.165, 1.54) is 56.9 Å². The highest BCUT2D eigenvalue weighted by molar-refractivity contribution is 5.17. The summed E-state index contributed by atoms with van der Waals surface area (Å²) in [4.78, 5) is 0. The fraction of sp³-hybridized carbons (Fsp3) is 0.867. The molecule has 0 spiro atoms. The van der Waals surface area contributed by atoms with Gasteiger partial charge in [0.1, 0.15) is 0 Å². The van der Waals surface area contributed by atoms with Gasteiger partial charge in [0.2, 0.25) is 0 Å². The van der Waals surface area contributed by atoms with Gasteiger partial charge in [-0.25, -0.2) is 0 Å². The quantitative estimate of drug-likeness (QED) is 0.461. The Labute approximate surface area is 111 Å². The molecule has 0 aromatic heterocycles. The lowest BCUT2D eigenvalue weighted by Crippen LogP contribution is -2.55. The van der Waals surface area contributed by atoms with E-state index >= 15 is 0 Å². The van der Waals surface area contributed by atoms with Crippen molar-refractivity contribution in [2.75, 3.05) is 6.61 Å². The molecule has 2 rings (SSSR count). The van der Waals surface area contributed by atoms with Gasteiger partial charge in [-0.15, -0.1) is 0 Å². The lowest BCUT2D eigenvalue weighted by molar-refractivity contribution is -0.0816. The lowest BCUT2D eigenvalue weighted by atomic mass is 9.81. The zero-order valence-corrected chi connectivity index (χ0v) is 11.7. The summed E-state index contributed by atoms with van der Waals surface area (Å²) >= 11 is 0. The SMILES string of the molecule is CC1(C(NN)C2=CCCCCCC2)CCCCO1. The van der Waals surface area contributed by atoms with Crippen molar-refractivity contribution < 1.29 is 4.74 Å². The molecule has 2 unspecified atom stereocenters. The number of nitrogens with one attached hydrogen (secondary N) is 1. The van der Waals surface area contributed by atoms with Crippen LogP contribution in [0.5, 0.6) is 0 Å². The van der Waals surface area contributed by atoms with Gasteiger partial charge in [0.25, 0.3) is 0 Å². The number of rotatable bonds is 3.